The summed E-state index contributed by atoms with van der Waals surface area (Å²) in [6.07, 6.45) is -1.11. The molecule has 0 spiro atoms. The molecule has 16 heavy (non-hydrogen) atoms. The second-order valence-corrected chi connectivity index (χ2v) is 5.36. The Bertz CT molecular complexity index is 398. The molecule has 0 bridgehead atoms. The van der Waals surface area contributed by atoms with Crippen LogP contribution in [0.5, 0.6) is 0 Å². The number of carbonyl (C=O) groups excluding carboxylic acids is 1. The van der Waals surface area contributed by atoms with Crippen molar-refractivity contribution in [1.82, 2.24) is 4.90 Å². The van der Waals surface area contributed by atoms with Crippen LogP contribution in [0, 0.1) is 0 Å². The summed E-state index contributed by atoms with van der Waals surface area (Å²) in [5.74, 6) is -0.213. The number of nitrogens with zero attached hydrogens (tertiary/aromatic N) is 1. The van der Waals surface area contributed by atoms with Crippen LogP contribution in [0.25, 0.3) is 0 Å². The lowest BCUT2D eigenvalue weighted by molar-refractivity contribution is 0.0677. The monoisotopic (exact) mass is 263 g/mol. The van der Waals surface area contributed by atoms with E-state index in [9.17, 15) is 9.18 Å². The maximum absolute atomic E-state index is 13.4. The van der Waals surface area contributed by atoms with Crippen LogP contribution >= 0.6 is 22.9 Å². The van der Waals surface area contributed by atoms with Gasteiger partial charge in [0.15, 0.2) is 0 Å². The highest BCUT2D eigenvalue weighted by Gasteiger charge is 2.34. The van der Waals surface area contributed by atoms with E-state index in [0.29, 0.717) is 9.21 Å². The highest BCUT2D eigenvalue weighted by Crippen LogP contribution is 2.24. The molecule has 1 aliphatic rings. The molecule has 1 amide bonds. The van der Waals surface area contributed by atoms with Crippen LogP contribution in [0.4, 0.5) is 4.39 Å². The van der Waals surface area contributed by atoms with Gasteiger partial charge in [0.1, 0.15) is 6.17 Å². The van der Waals surface area contributed by atoms with Crippen LogP contribution in [0.2, 0.25) is 4.34 Å². The third kappa shape index (κ3) is 2.21. The molecule has 2 rings (SSSR count). The second-order valence-electron chi connectivity index (χ2n) is 3.64. The number of carbonyl (C=O) groups is 1. The number of likely N-dealkylation sites (N-methyl/N-ethyl adjacent to an activating group) is 1. The van der Waals surface area contributed by atoms with E-state index >= 15 is 0 Å². The first-order chi connectivity index (χ1) is 7.59. The van der Waals surface area contributed by atoms with E-state index in [2.05, 4.69) is 0 Å². The molecule has 0 aliphatic carbocycles. The zero-order valence-electron chi connectivity index (χ0n) is 8.65. The smallest absolute Gasteiger partial charge is 0.264 e. The van der Waals surface area contributed by atoms with Crippen LogP contribution in [0.3, 0.4) is 0 Å². The number of halogens is 2. The maximum atomic E-state index is 13.4. The third-order valence-corrected chi connectivity index (χ3v) is 3.80. The first kappa shape index (κ1) is 11.8. The molecule has 1 aromatic rings. The summed E-state index contributed by atoms with van der Waals surface area (Å²) in [6.45, 7) is 0.315. The van der Waals surface area contributed by atoms with Gasteiger partial charge in [-0.15, -0.1) is 11.3 Å². The zero-order chi connectivity index (χ0) is 11.7. The lowest BCUT2D eigenvalue weighted by Gasteiger charge is -2.24. The minimum atomic E-state index is -1.11. The standard InChI is InChI=1S/C10H11ClFNO2S/c1-13(7-5-15-4-6(7)12)10(14)8-2-3-9(11)16-8/h2-3,6-7H,4-5H2,1H3. The van der Waals surface area contributed by atoms with Gasteiger partial charge in [-0.2, -0.15) is 0 Å². The van der Waals surface area contributed by atoms with Crippen LogP contribution < -0.4 is 0 Å². The Balaban J connectivity index is 2.10. The van der Waals surface area contributed by atoms with Crippen molar-refractivity contribution in [3.63, 3.8) is 0 Å². The quantitative estimate of drug-likeness (QED) is 0.819. The highest BCUT2D eigenvalue weighted by atomic mass is 35.5. The average Bonchev–Trinajstić information content (AvgIpc) is 2.85. The minimum Gasteiger partial charge on any atom is -0.376 e. The van der Waals surface area contributed by atoms with E-state index < -0.39 is 12.2 Å². The van der Waals surface area contributed by atoms with Crippen molar-refractivity contribution in [3.05, 3.63) is 21.3 Å². The number of rotatable bonds is 2. The summed E-state index contributed by atoms with van der Waals surface area (Å²) < 4.78 is 18.9. The molecule has 2 unspecified atom stereocenters. The summed E-state index contributed by atoms with van der Waals surface area (Å²) >= 11 is 6.94. The normalized spacial score (nSPS) is 24.7. The summed E-state index contributed by atoms with van der Waals surface area (Å²) in [5, 5.41) is 0. The van der Waals surface area contributed by atoms with Gasteiger partial charge in [-0.25, -0.2) is 4.39 Å². The molecular weight excluding hydrogens is 253 g/mol. The molecule has 1 saturated heterocycles. The van der Waals surface area contributed by atoms with E-state index in [1.165, 1.54) is 16.2 Å². The molecule has 0 saturated carbocycles. The Morgan fingerprint density at radius 2 is 2.38 bits per heavy atom. The summed E-state index contributed by atoms with van der Waals surface area (Å²) in [4.78, 5) is 13.9. The van der Waals surface area contributed by atoms with Gasteiger partial charge >= 0.3 is 0 Å². The Kier molecular flexibility index (Phi) is 3.47. The zero-order valence-corrected chi connectivity index (χ0v) is 10.2. The number of thiophene rings is 1. The van der Waals surface area contributed by atoms with Gasteiger partial charge in [0, 0.05) is 7.05 Å². The van der Waals surface area contributed by atoms with Crippen molar-refractivity contribution >= 4 is 28.8 Å². The van der Waals surface area contributed by atoms with Crippen molar-refractivity contribution in [2.45, 2.75) is 12.2 Å². The van der Waals surface area contributed by atoms with Crippen LogP contribution in [-0.4, -0.2) is 43.3 Å². The van der Waals surface area contributed by atoms with E-state index in [1.54, 1.807) is 19.2 Å². The molecule has 0 N–H and O–H groups in total. The number of hydrogen-bond donors (Lipinski definition) is 0. The van der Waals surface area contributed by atoms with Gasteiger partial charge in [-0.05, 0) is 12.1 Å². The highest BCUT2D eigenvalue weighted by molar-refractivity contribution is 7.17. The fourth-order valence-corrected chi connectivity index (χ4v) is 2.65. The number of ether oxygens (including phenoxy) is 1. The Hall–Kier alpha value is -0.650. The molecule has 3 nitrogen and oxygen atoms in total. The topological polar surface area (TPSA) is 29.5 Å². The molecule has 1 fully saturated rings. The number of amides is 1. The van der Waals surface area contributed by atoms with Crippen molar-refractivity contribution < 1.29 is 13.9 Å². The third-order valence-electron chi connectivity index (χ3n) is 2.58. The van der Waals surface area contributed by atoms with Crippen LogP contribution in [-0.2, 0) is 4.74 Å². The van der Waals surface area contributed by atoms with Gasteiger partial charge in [0.2, 0.25) is 0 Å². The first-order valence-electron chi connectivity index (χ1n) is 4.84. The summed E-state index contributed by atoms with van der Waals surface area (Å²) in [7, 11) is 1.59. The molecule has 2 heterocycles. The fourth-order valence-electron chi connectivity index (χ4n) is 1.62. The lowest BCUT2D eigenvalue weighted by atomic mass is 10.2. The van der Waals surface area contributed by atoms with Crippen molar-refractivity contribution in [2.24, 2.45) is 0 Å². The van der Waals surface area contributed by atoms with Crippen LogP contribution in [0.15, 0.2) is 12.1 Å². The average molecular weight is 264 g/mol. The Morgan fingerprint density at radius 3 is 2.88 bits per heavy atom. The van der Waals surface area contributed by atoms with Crippen LogP contribution in [0.1, 0.15) is 9.67 Å². The van der Waals surface area contributed by atoms with Gasteiger partial charge in [-0.3, -0.25) is 4.79 Å². The molecule has 6 heteroatoms. The number of alkyl halides is 1. The van der Waals surface area contributed by atoms with Crippen molar-refractivity contribution in [3.8, 4) is 0 Å². The van der Waals surface area contributed by atoms with E-state index in [-0.39, 0.29) is 19.1 Å². The predicted molar refractivity (Wildman–Crippen MR) is 60.9 cm³/mol. The predicted octanol–water partition coefficient (Wildman–Crippen LogP) is 2.21. The second kappa shape index (κ2) is 4.69. The maximum Gasteiger partial charge on any atom is 0.264 e. The Labute approximate surface area is 102 Å². The first-order valence-corrected chi connectivity index (χ1v) is 6.03. The van der Waals surface area contributed by atoms with Crippen molar-refractivity contribution in [2.75, 3.05) is 20.3 Å². The molecule has 0 radical (unpaired) electrons. The summed E-state index contributed by atoms with van der Waals surface area (Å²) in [5.41, 5.74) is 0. The molecule has 2 atom stereocenters. The SMILES string of the molecule is CN(C(=O)c1ccc(Cl)s1)C1COCC1F. The molecule has 88 valence electrons. The largest absolute Gasteiger partial charge is 0.376 e. The van der Waals surface area contributed by atoms with E-state index in [1.807, 2.05) is 0 Å². The van der Waals surface area contributed by atoms with Crippen molar-refractivity contribution in [1.29, 1.82) is 0 Å². The number of hydrogen-bond acceptors (Lipinski definition) is 3. The van der Waals surface area contributed by atoms with Gasteiger partial charge in [0.05, 0.1) is 28.5 Å². The molecule has 1 aromatic heterocycles. The fraction of sp³-hybridized carbons (Fsp3) is 0.500. The van der Waals surface area contributed by atoms with E-state index in [4.69, 9.17) is 16.3 Å². The Morgan fingerprint density at radius 1 is 1.62 bits per heavy atom. The van der Waals surface area contributed by atoms with Gasteiger partial charge in [-0.1, -0.05) is 11.6 Å². The van der Waals surface area contributed by atoms with E-state index in [0.717, 1.165) is 0 Å². The van der Waals surface area contributed by atoms with Gasteiger partial charge < -0.3 is 9.64 Å². The summed E-state index contributed by atoms with van der Waals surface area (Å²) in [6, 6.07) is 2.81. The lowest BCUT2D eigenvalue weighted by Crippen LogP contribution is -2.42. The van der Waals surface area contributed by atoms with Gasteiger partial charge in [0.25, 0.3) is 5.91 Å². The minimum absolute atomic E-state index is 0.0630. The molecular formula is C10H11ClFNO2S. The molecule has 1 aliphatic heterocycles. The molecule has 0 aromatic carbocycles.